The molecule has 11 heteroatoms. The molecule has 0 saturated carbocycles. The maximum Gasteiger partial charge on any atom is 0.328 e. The third-order valence-corrected chi connectivity index (χ3v) is 9.94. The first-order chi connectivity index (χ1) is 26.2. The van der Waals surface area contributed by atoms with Crippen LogP contribution in [-0.2, 0) is 33.4 Å². The van der Waals surface area contributed by atoms with Crippen LogP contribution >= 0.6 is 0 Å². The molecule has 1 amide bonds. The van der Waals surface area contributed by atoms with Gasteiger partial charge in [0.25, 0.3) is 0 Å². The fraction of sp³-hybridized carbons (Fsp3) is 0.884. The normalized spacial score (nSPS) is 12.7. The minimum Gasteiger partial charge on any atom is -0.465 e. The third-order valence-electron chi connectivity index (χ3n) is 9.94. The van der Waals surface area contributed by atoms with E-state index in [1.165, 1.54) is 57.8 Å². The lowest BCUT2D eigenvalue weighted by atomic mass is 9.94. The van der Waals surface area contributed by atoms with Gasteiger partial charge >= 0.3 is 17.9 Å². The van der Waals surface area contributed by atoms with E-state index in [1.807, 2.05) is 0 Å². The van der Waals surface area contributed by atoms with Crippen molar-refractivity contribution >= 4 is 29.8 Å². The summed E-state index contributed by atoms with van der Waals surface area (Å²) in [5.41, 5.74) is 10.9. The first kappa shape index (κ1) is 51.1. The van der Waals surface area contributed by atoms with Gasteiger partial charge in [0, 0.05) is 13.0 Å². The molecule has 11 nitrogen and oxygen atoms in total. The monoisotopic (exact) mass is 767 g/mol. The molecule has 316 valence electrons. The van der Waals surface area contributed by atoms with Gasteiger partial charge in [-0.05, 0) is 64.2 Å². The summed E-state index contributed by atoms with van der Waals surface area (Å²) in [5, 5.41) is 2.78. The van der Waals surface area contributed by atoms with Gasteiger partial charge in [0.05, 0.1) is 31.7 Å². The van der Waals surface area contributed by atoms with Crippen molar-refractivity contribution in [2.24, 2.45) is 28.3 Å². The molecular formula is C43H82N4O7. The Morgan fingerprint density at radius 2 is 0.870 bits per heavy atom. The number of nitrogens with one attached hydrogen (secondary N) is 1. The summed E-state index contributed by atoms with van der Waals surface area (Å²) in [5.74, 6) is -1.17. The number of ether oxygens (including phenoxy) is 3. The number of carbonyl (C=O) groups excluding carboxylic acids is 4. The van der Waals surface area contributed by atoms with Crippen molar-refractivity contribution in [3.63, 3.8) is 0 Å². The molecule has 0 bridgehead atoms. The molecule has 5 N–H and O–H groups in total. The van der Waals surface area contributed by atoms with Crippen molar-refractivity contribution in [2.45, 2.75) is 207 Å². The van der Waals surface area contributed by atoms with Gasteiger partial charge in [-0.3, -0.25) is 19.4 Å². The van der Waals surface area contributed by atoms with Crippen molar-refractivity contribution in [1.82, 2.24) is 5.32 Å². The second-order valence-electron chi connectivity index (χ2n) is 15.0. The molecule has 54 heavy (non-hydrogen) atoms. The SMILES string of the molecule is CCCCCCCCC(CCCCCC)C(=O)OCCCCCC(=O)N[C@@H](CCN=C(N)N)C(=O)OCCCCOC(=O)C(CCCC)CCCCCC. The molecule has 0 rings (SSSR count). The molecule has 0 aromatic rings. The van der Waals surface area contributed by atoms with Gasteiger partial charge < -0.3 is 31.0 Å². The lowest BCUT2D eigenvalue weighted by molar-refractivity contribution is -0.151. The van der Waals surface area contributed by atoms with Crippen LogP contribution < -0.4 is 16.8 Å². The number of hydrogen-bond acceptors (Lipinski definition) is 8. The predicted octanol–water partition coefficient (Wildman–Crippen LogP) is 9.22. The highest BCUT2D eigenvalue weighted by Crippen LogP contribution is 2.21. The van der Waals surface area contributed by atoms with Crippen LogP contribution in [0.1, 0.15) is 201 Å². The van der Waals surface area contributed by atoms with Gasteiger partial charge in [0.1, 0.15) is 6.04 Å². The fourth-order valence-electron chi connectivity index (χ4n) is 6.48. The van der Waals surface area contributed by atoms with Crippen molar-refractivity contribution in [3.05, 3.63) is 0 Å². The molecule has 3 atom stereocenters. The Morgan fingerprint density at radius 3 is 1.35 bits per heavy atom. The second kappa shape index (κ2) is 37.1. The Labute approximate surface area is 329 Å². The number of esters is 3. The molecule has 0 aromatic heterocycles. The standard InChI is InChI=1S/C43H82N4O7/c1-5-9-13-16-17-21-29-37(28-20-15-11-7-3)41(50)52-33-23-18-22-30-39(48)47-38(31-32-46-43(44)45)42(51)54-35-25-24-34-53-40(49)36(26-12-8-4)27-19-14-10-6-2/h36-38H,5-35H2,1-4H3,(H,47,48)(H4,44,45,46)/t36?,37?,38-/m0/s1. The Balaban J connectivity index is 4.61. The van der Waals surface area contributed by atoms with E-state index < -0.39 is 12.0 Å². The van der Waals surface area contributed by atoms with E-state index in [1.54, 1.807) is 0 Å². The average molecular weight is 767 g/mol. The zero-order chi connectivity index (χ0) is 40.1. The molecule has 2 unspecified atom stereocenters. The van der Waals surface area contributed by atoms with Gasteiger partial charge in [0.15, 0.2) is 5.96 Å². The zero-order valence-electron chi connectivity index (χ0n) is 35.1. The van der Waals surface area contributed by atoms with Crippen LogP contribution in [0, 0.1) is 11.8 Å². The summed E-state index contributed by atoms with van der Waals surface area (Å²) >= 11 is 0. The minimum atomic E-state index is -0.882. The highest BCUT2D eigenvalue weighted by atomic mass is 16.5. The van der Waals surface area contributed by atoms with E-state index in [0.29, 0.717) is 32.3 Å². The van der Waals surface area contributed by atoms with E-state index >= 15 is 0 Å². The number of nitrogens with zero attached hydrogens (tertiary/aromatic N) is 1. The highest BCUT2D eigenvalue weighted by Gasteiger charge is 2.23. The van der Waals surface area contributed by atoms with Crippen LogP contribution in [0.5, 0.6) is 0 Å². The van der Waals surface area contributed by atoms with Crippen molar-refractivity contribution in [1.29, 1.82) is 0 Å². The molecule has 0 spiro atoms. The first-order valence-corrected chi connectivity index (χ1v) is 22.0. The molecule has 0 heterocycles. The van der Waals surface area contributed by atoms with Crippen molar-refractivity contribution in [2.75, 3.05) is 26.4 Å². The predicted molar refractivity (Wildman–Crippen MR) is 220 cm³/mol. The molecule has 0 fully saturated rings. The van der Waals surface area contributed by atoms with E-state index in [0.717, 1.165) is 77.0 Å². The Morgan fingerprint density at radius 1 is 0.481 bits per heavy atom. The van der Waals surface area contributed by atoms with Crippen LogP contribution in [0.15, 0.2) is 4.99 Å². The van der Waals surface area contributed by atoms with Gasteiger partial charge in [-0.25, -0.2) is 4.79 Å². The number of hydrogen-bond donors (Lipinski definition) is 3. The van der Waals surface area contributed by atoms with E-state index in [9.17, 15) is 19.2 Å². The van der Waals surface area contributed by atoms with Crippen LogP contribution in [0.2, 0.25) is 0 Å². The van der Waals surface area contributed by atoms with Gasteiger partial charge in [0.2, 0.25) is 5.91 Å². The highest BCUT2D eigenvalue weighted by molar-refractivity contribution is 5.84. The molecule has 0 aromatic carbocycles. The molecule has 0 aliphatic carbocycles. The van der Waals surface area contributed by atoms with Gasteiger partial charge in [-0.2, -0.15) is 0 Å². The minimum absolute atomic E-state index is 0.0232. The van der Waals surface area contributed by atoms with Crippen LogP contribution in [0.25, 0.3) is 0 Å². The molecule has 0 aliphatic rings. The maximum atomic E-state index is 12.9. The van der Waals surface area contributed by atoms with Crippen molar-refractivity contribution < 1.29 is 33.4 Å². The van der Waals surface area contributed by atoms with Gasteiger partial charge in [-0.15, -0.1) is 0 Å². The summed E-state index contributed by atoms with van der Waals surface area (Å²) in [7, 11) is 0. The number of rotatable bonds is 38. The topological polar surface area (TPSA) is 172 Å². The van der Waals surface area contributed by atoms with E-state index in [-0.39, 0.29) is 68.2 Å². The summed E-state index contributed by atoms with van der Waals surface area (Å²) < 4.78 is 16.7. The largest absolute Gasteiger partial charge is 0.465 e. The Bertz CT molecular complexity index is 973. The quantitative estimate of drug-likeness (QED) is 0.0182. The third kappa shape index (κ3) is 30.5. The van der Waals surface area contributed by atoms with E-state index in [2.05, 4.69) is 38.0 Å². The number of guanidine groups is 1. The summed E-state index contributed by atoms with van der Waals surface area (Å²) in [6, 6.07) is -0.882. The second-order valence-corrected chi connectivity index (χ2v) is 15.0. The van der Waals surface area contributed by atoms with E-state index in [4.69, 9.17) is 25.7 Å². The molecule has 0 radical (unpaired) electrons. The number of amides is 1. The average Bonchev–Trinajstić information content (AvgIpc) is 3.15. The summed E-state index contributed by atoms with van der Waals surface area (Å²) in [6.45, 7) is 9.68. The number of carbonyl (C=O) groups is 4. The Kier molecular flexibility index (Phi) is 35.1. The smallest absolute Gasteiger partial charge is 0.328 e. The van der Waals surface area contributed by atoms with Crippen LogP contribution in [0.4, 0.5) is 0 Å². The number of nitrogens with two attached hydrogens (primary N) is 2. The van der Waals surface area contributed by atoms with Crippen molar-refractivity contribution in [3.8, 4) is 0 Å². The molecular weight excluding hydrogens is 684 g/mol. The molecule has 0 saturated heterocycles. The fourth-order valence-corrected chi connectivity index (χ4v) is 6.48. The lowest BCUT2D eigenvalue weighted by Gasteiger charge is -2.18. The van der Waals surface area contributed by atoms with Crippen LogP contribution in [-0.4, -0.2) is 62.2 Å². The Hall–Kier alpha value is -2.85. The summed E-state index contributed by atoms with van der Waals surface area (Å²) in [6.07, 6.45) is 25.5. The summed E-state index contributed by atoms with van der Waals surface area (Å²) in [4.78, 5) is 55.2. The van der Waals surface area contributed by atoms with Gasteiger partial charge in [-0.1, -0.05) is 130 Å². The number of unbranched alkanes of at least 4 members (excludes halogenated alkanes) is 15. The number of aliphatic imine (C=N–C) groups is 1. The lowest BCUT2D eigenvalue weighted by Crippen LogP contribution is -2.42. The zero-order valence-corrected chi connectivity index (χ0v) is 35.1. The molecule has 0 aliphatic heterocycles. The maximum absolute atomic E-state index is 12.9. The van der Waals surface area contributed by atoms with Crippen LogP contribution in [0.3, 0.4) is 0 Å². The first-order valence-electron chi connectivity index (χ1n) is 22.0.